The zero-order chi connectivity index (χ0) is 11.6. The minimum absolute atomic E-state index is 0.204. The lowest BCUT2D eigenvalue weighted by atomic mass is 10.2. The van der Waals surface area contributed by atoms with Gasteiger partial charge in [0.05, 0.1) is 0 Å². The summed E-state index contributed by atoms with van der Waals surface area (Å²) < 4.78 is 49.8. The van der Waals surface area contributed by atoms with Gasteiger partial charge in [0.25, 0.3) is 0 Å². The van der Waals surface area contributed by atoms with Crippen molar-refractivity contribution in [2.24, 2.45) is 0 Å². The number of alkyl halides is 4. The van der Waals surface area contributed by atoms with E-state index in [1.807, 2.05) is 0 Å². The van der Waals surface area contributed by atoms with Gasteiger partial charge in [-0.05, 0) is 13.1 Å². The zero-order valence-electron chi connectivity index (χ0n) is 7.73. The highest BCUT2D eigenvalue weighted by Crippen LogP contribution is 2.37. The van der Waals surface area contributed by atoms with E-state index in [0.717, 1.165) is 0 Å². The van der Waals surface area contributed by atoms with Crippen molar-refractivity contribution in [3.05, 3.63) is 0 Å². The molecule has 0 spiro atoms. The number of aliphatic carboxylic acids is 1. The number of hydrogen-bond donors (Lipinski definition) is 1. The van der Waals surface area contributed by atoms with Crippen molar-refractivity contribution in [3.8, 4) is 0 Å². The average Bonchev–Trinajstić information content (AvgIpc) is 2.03. The molecule has 0 amide bonds. The first-order valence-corrected chi connectivity index (χ1v) is 3.95. The van der Waals surface area contributed by atoms with E-state index in [0.29, 0.717) is 0 Å². The van der Waals surface area contributed by atoms with Gasteiger partial charge in [0.2, 0.25) is 0 Å². The van der Waals surface area contributed by atoms with Gasteiger partial charge in [-0.3, -0.25) is 4.90 Å². The Labute approximate surface area is 78.3 Å². The first-order chi connectivity index (χ1) is 6.21. The van der Waals surface area contributed by atoms with E-state index in [-0.39, 0.29) is 18.0 Å². The molecule has 14 heavy (non-hydrogen) atoms. The number of rotatable bonds is 4. The topological polar surface area (TPSA) is 40.5 Å². The number of hydrogen-bond acceptors (Lipinski definition) is 2. The predicted molar refractivity (Wildman–Crippen MR) is 40.5 cm³/mol. The van der Waals surface area contributed by atoms with Gasteiger partial charge < -0.3 is 5.11 Å². The largest absolute Gasteiger partial charge is 0.478 e. The lowest BCUT2D eigenvalue weighted by Gasteiger charge is -2.33. The number of carbonyl (C=O) groups is 1. The molecule has 0 rings (SSSR count). The molecule has 7 heteroatoms. The van der Waals surface area contributed by atoms with E-state index in [2.05, 4.69) is 0 Å². The van der Waals surface area contributed by atoms with Crippen LogP contribution in [0.4, 0.5) is 17.6 Å². The fourth-order valence-corrected chi connectivity index (χ4v) is 1.10. The van der Waals surface area contributed by atoms with Crippen molar-refractivity contribution in [2.45, 2.75) is 25.8 Å². The number of halogens is 4. The summed E-state index contributed by atoms with van der Waals surface area (Å²) in [5.41, 5.74) is 0. The molecule has 0 aromatic rings. The number of carboxylic acids is 1. The minimum Gasteiger partial charge on any atom is -0.478 e. The van der Waals surface area contributed by atoms with E-state index < -0.39 is 17.9 Å². The van der Waals surface area contributed by atoms with E-state index in [4.69, 9.17) is 5.11 Å². The molecule has 0 aliphatic heterocycles. The summed E-state index contributed by atoms with van der Waals surface area (Å²) in [7, 11) is 0. The summed E-state index contributed by atoms with van der Waals surface area (Å²) in [6.07, 6.45) is -5.44. The SMILES string of the molecule is CCN(CC)[C@](F)(C(=O)O)C(F)(F)F. The Kier molecular flexibility index (Phi) is 3.87. The second-order valence-electron chi connectivity index (χ2n) is 2.60. The molecule has 84 valence electrons. The fourth-order valence-electron chi connectivity index (χ4n) is 1.10. The third-order valence-electron chi connectivity index (χ3n) is 1.86. The van der Waals surface area contributed by atoms with Crippen molar-refractivity contribution in [3.63, 3.8) is 0 Å². The van der Waals surface area contributed by atoms with Gasteiger partial charge >= 0.3 is 17.9 Å². The highest BCUT2D eigenvalue weighted by Gasteiger charge is 2.65. The Morgan fingerprint density at radius 1 is 1.21 bits per heavy atom. The smallest absolute Gasteiger partial charge is 0.448 e. The third kappa shape index (κ3) is 1.97. The average molecular weight is 217 g/mol. The van der Waals surface area contributed by atoms with Gasteiger partial charge in [-0.25, -0.2) is 9.18 Å². The van der Waals surface area contributed by atoms with Crippen LogP contribution >= 0.6 is 0 Å². The molecule has 0 aromatic carbocycles. The summed E-state index contributed by atoms with van der Waals surface area (Å²) >= 11 is 0. The molecule has 0 bridgehead atoms. The van der Waals surface area contributed by atoms with Gasteiger partial charge in [0.1, 0.15) is 0 Å². The van der Waals surface area contributed by atoms with Crippen LogP contribution in [0.1, 0.15) is 13.8 Å². The second kappa shape index (κ2) is 4.12. The van der Waals surface area contributed by atoms with Crippen LogP contribution in [0, 0.1) is 0 Å². The van der Waals surface area contributed by atoms with Crippen LogP contribution < -0.4 is 0 Å². The molecule has 3 nitrogen and oxygen atoms in total. The molecule has 0 fully saturated rings. The first kappa shape index (κ1) is 13.2. The molecule has 0 saturated heterocycles. The standard InChI is InChI=1S/C7H11F4NO2/c1-3-12(4-2)6(8,5(13)14)7(9,10)11/h3-4H2,1-2H3,(H,13,14)/t6-/m1/s1. The molecule has 1 N–H and O–H groups in total. The molecule has 0 aliphatic carbocycles. The molecule has 0 saturated carbocycles. The molecule has 0 radical (unpaired) electrons. The predicted octanol–water partition coefficient (Wildman–Crippen LogP) is 1.64. The summed E-state index contributed by atoms with van der Waals surface area (Å²) in [4.78, 5) is 10.5. The summed E-state index contributed by atoms with van der Waals surface area (Å²) in [5, 5.41) is 8.26. The Bertz CT molecular complexity index is 214. The fraction of sp³-hybridized carbons (Fsp3) is 0.857. The maximum atomic E-state index is 13.3. The minimum atomic E-state index is -5.44. The van der Waals surface area contributed by atoms with Gasteiger partial charge in [-0.1, -0.05) is 13.8 Å². The van der Waals surface area contributed by atoms with Crippen LogP contribution in [0.15, 0.2) is 0 Å². The van der Waals surface area contributed by atoms with Crippen LogP contribution in [0.2, 0.25) is 0 Å². The monoisotopic (exact) mass is 217 g/mol. The van der Waals surface area contributed by atoms with Crippen LogP contribution in [0.3, 0.4) is 0 Å². The van der Waals surface area contributed by atoms with Crippen molar-refractivity contribution in [2.75, 3.05) is 13.1 Å². The summed E-state index contributed by atoms with van der Waals surface area (Å²) in [5.74, 6) is -6.83. The van der Waals surface area contributed by atoms with Crippen molar-refractivity contribution in [1.29, 1.82) is 0 Å². The van der Waals surface area contributed by atoms with Gasteiger partial charge in [-0.2, -0.15) is 13.2 Å². The number of carboxylic acid groups (broad SMARTS) is 1. The van der Waals surface area contributed by atoms with E-state index >= 15 is 0 Å². The Morgan fingerprint density at radius 2 is 1.57 bits per heavy atom. The summed E-state index contributed by atoms with van der Waals surface area (Å²) in [6, 6.07) is 0. The summed E-state index contributed by atoms with van der Waals surface area (Å²) in [6.45, 7) is 1.84. The van der Waals surface area contributed by atoms with E-state index in [9.17, 15) is 22.4 Å². The molecular formula is C7H11F4NO2. The molecular weight excluding hydrogens is 206 g/mol. The normalized spacial score (nSPS) is 16.8. The first-order valence-electron chi connectivity index (χ1n) is 3.95. The highest BCUT2D eigenvalue weighted by atomic mass is 19.4. The zero-order valence-corrected chi connectivity index (χ0v) is 7.73. The molecule has 0 unspecified atom stereocenters. The molecule has 1 atom stereocenters. The van der Waals surface area contributed by atoms with Gasteiger partial charge in [0.15, 0.2) is 0 Å². The third-order valence-corrected chi connectivity index (χ3v) is 1.86. The van der Waals surface area contributed by atoms with Gasteiger partial charge in [-0.15, -0.1) is 0 Å². The molecule has 0 aromatic heterocycles. The van der Waals surface area contributed by atoms with Crippen LogP contribution in [-0.2, 0) is 4.79 Å². The maximum Gasteiger partial charge on any atom is 0.448 e. The molecule has 0 heterocycles. The van der Waals surface area contributed by atoms with Crippen LogP contribution in [-0.4, -0.2) is 41.0 Å². The van der Waals surface area contributed by atoms with Crippen LogP contribution in [0.5, 0.6) is 0 Å². The molecule has 0 aliphatic rings. The Morgan fingerprint density at radius 3 is 1.64 bits per heavy atom. The Hall–Kier alpha value is -0.850. The Balaban J connectivity index is 5.19. The van der Waals surface area contributed by atoms with Crippen molar-refractivity contribution in [1.82, 2.24) is 4.90 Å². The highest BCUT2D eigenvalue weighted by molar-refractivity contribution is 5.77. The quantitative estimate of drug-likeness (QED) is 0.574. The lowest BCUT2D eigenvalue weighted by molar-refractivity contribution is -0.278. The number of nitrogens with zero attached hydrogens (tertiary/aromatic N) is 1. The van der Waals surface area contributed by atoms with E-state index in [1.54, 1.807) is 0 Å². The van der Waals surface area contributed by atoms with E-state index in [1.165, 1.54) is 13.8 Å². The van der Waals surface area contributed by atoms with Crippen molar-refractivity contribution < 1.29 is 27.5 Å². The van der Waals surface area contributed by atoms with Crippen LogP contribution in [0.25, 0.3) is 0 Å². The van der Waals surface area contributed by atoms with Gasteiger partial charge in [0, 0.05) is 0 Å². The van der Waals surface area contributed by atoms with Crippen molar-refractivity contribution >= 4 is 5.97 Å². The number of likely N-dealkylation sites (N-methyl/N-ethyl adjacent to an activating group) is 1. The maximum absolute atomic E-state index is 13.3. The second-order valence-corrected chi connectivity index (χ2v) is 2.60. The lowest BCUT2D eigenvalue weighted by Crippen LogP contribution is -2.60.